The molecule has 102 valence electrons. The predicted octanol–water partition coefficient (Wildman–Crippen LogP) is 1.96. The van der Waals surface area contributed by atoms with Crippen LogP contribution in [-0.2, 0) is 11.3 Å². The Balaban J connectivity index is 3.07. The van der Waals surface area contributed by atoms with Crippen LogP contribution < -0.4 is 5.32 Å². The molecule has 1 aromatic rings. The number of aryl methyl sites for hydroxylation is 2. The molecule has 0 spiro atoms. The fraction of sp³-hybridized carbons (Fsp3) is 0.727. The van der Waals surface area contributed by atoms with Gasteiger partial charge in [-0.2, -0.15) is 5.10 Å². The van der Waals surface area contributed by atoms with Crippen LogP contribution in [-0.4, -0.2) is 34.5 Å². The third-order valence-electron chi connectivity index (χ3n) is 2.51. The second kappa shape index (κ2) is 6.34. The summed E-state index contributed by atoms with van der Waals surface area (Å²) in [7, 11) is 1.60. The van der Waals surface area contributed by atoms with Crippen LogP contribution in [0.4, 0.5) is 11.5 Å². The third-order valence-corrected chi connectivity index (χ3v) is 2.51. The number of hydrogen-bond acceptors (Lipinski definition) is 5. The van der Waals surface area contributed by atoms with Crippen molar-refractivity contribution in [1.82, 2.24) is 9.78 Å². The molecule has 1 atom stereocenters. The minimum atomic E-state index is -0.393. The molecule has 1 heterocycles. The van der Waals surface area contributed by atoms with Crippen LogP contribution in [0.5, 0.6) is 0 Å². The molecule has 7 heteroatoms. The summed E-state index contributed by atoms with van der Waals surface area (Å²) in [5.41, 5.74) is 0.479. The van der Waals surface area contributed by atoms with E-state index >= 15 is 0 Å². The first-order chi connectivity index (χ1) is 8.51. The quantitative estimate of drug-likeness (QED) is 0.595. The Bertz CT molecular complexity index is 417. The zero-order chi connectivity index (χ0) is 13.7. The summed E-state index contributed by atoms with van der Waals surface area (Å²) in [6.45, 7) is 6.69. The van der Waals surface area contributed by atoms with Gasteiger partial charge >= 0.3 is 5.69 Å². The molecule has 1 aromatic heterocycles. The Morgan fingerprint density at radius 2 is 2.28 bits per heavy atom. The van der Waals surface area contributed by atoms with Gasteiger partial charge in [-0.1, -0.05) is 6.92 Å². The number of methoxy groups -OCH3 is 1. The maximum absolute atomic E-state index is 11.1. The zero-order valence-corrected chi connectivity index (χ0v) is 11.3. The fourth-order valence-electron chi connectivity index (χ4n) is 1.83. The van der Waals surface area contributed by atoms with E-state index in [9.17, 15) is 10.1 Å². The number of aromatic nitrogens is 2. The minimum Gasteiger partial charge on any atom is -0.383 e. The summed E-state index contributed by atoms with van der Waals surface area (Å²) in [5.74, 6) is 0.462. The molecule has 0 saturated carbocycles. The SMILES string of the molecule is CCCn1nc(C)c([N+](=O)[O-])c1NC(C)COC. The van der Waals surface area contributed by atoms with Gasteiger partial charge in [0.1, 0.15) is 5.69 Å². The first kappa shape index (κ1) is 14.4. The van der Waals surface area contributed by atoms with Gasteiger partial charge in [0.2, 0.25) is 5.82 Å². The predicted molar refractivity (Wildman–Crippen MR) is 68.9 cm³/mol. The van der Waals surface area contributed by atoms with E-state index < -0.39 is 4.92 Å². The van der Waals surface area contributed by atoms with Gasteiger partial charge in [0.05, 0.1) is 11.5 Å². The van der Waals surface area contributed by atoms with Crippen molar-refractivity contribution >= 4 is 11.5 Å². The van der Waals surface area contributed by atoms with Crippen LogP contribution in [0.2, 0.25) is 0 Å². The summed E-state index contributed by atoms with van der Waals surface area (Å²) < 4.78 is 6.67. The van der Waals surface area contributed by atoms with Crippen LogP contribution in [0.25, 0.3) is 0 Å². The number of nitro groups is 1. The van der Waals surface area contributed by atoms with Crippen molar-refractivity contribution < 1.29 is 9.66 Å². The molecule has 1 N–H and O–H groups in total. The van der Waals surface area contributed by atoms with Crippen molar-refractivity contribution in [3.8, 4) is 0 Å². The average Bonchev–Trinajstić information content (AvgIpc) is 2.56. The summed E-state index contributed by atoms with van der Waals surface area (Å²) in [6, 6.07) is -0.0135. The first-order valence-corrected chi connectivity index (χ1v) is 5.98. The zero-order valence-electron chi connectivity index (χ0n) is 11.3. The maximum Gasteiger partial charge on any atom is 0.333 e. The highest BCUT2D eigenvalue weighted by atomic mass is 16.6. The molecule has 1 unspecified atom stereocenters. The van der Waals surface area contributed by atoms with Gasteiger partial charge in [0, 0.05) is 19.7 Å². The lowest BCUT2D eigenvalue weighted by Gasteiger charge is -2.14. The third kappa shape index (κ3) is 3.19. The molecule has 0 amide bonds. The van der Waals surface area contributed by atoms with Gasteiger partial charge < -0.3 is 10.1 Å². The molecular weight excluding hydrogens is 236 g/mol. The fourth-order valence-corrected chi connectivity index (χ4v) is 1.83. The topological polar surface area (TPSA) is 82.2 Å². The standard InChI is InChI=1S/C11H20N4O3/c1-5-6-14-11(12-8(2)7-18-4)10(15(16)17)9(3)13-14/h8,12H,5-7H2,1-4H3. The van der Waals surface area contributed by atoms with Gasteiger partial charge in [-0.15, -0.1) is 0 Å². The highest BCUT2D eigenvalue weighted by molar-refractivity contribution is 5.60. The molecule has 0 aromatic carbocycles. The van der Waals surface area contributed by atoms with Crippen molar-refractivity contribution in [2.75, 3.05) is 19.0 Å². The van der Waals surface area contributed by atoms with E-state index in [1.54, 1.807) is 18.7 Å². The largest absolute Gasteiger partial charge is 0.383 e. The Morgan fingerprint density at radius 3 is 2.78 bits per heavy atom. The van der Waals surface area contributed by atoms with Crippen LogP contribution in [0.1, 0.15) is 26.0 Å². The molecule has 0 aliphatic rings. The number of rotatable bonds is 7. The molecule has 0 radical (unpaired) electrons. The Kier molecular flexibility index (Phi) is 5.08. The van der Waals surface area contributed by atoms with E-state index in [0.717, 1.165) is 6.42 Å². The highest BCUT2D eigenvalue weighted by Gasteiger charge is 2.25. The number of nitrogens with one attached hydrogen (secondary N) is 1. The van der Waals surface area contributed by atoms with Gasteiger partial charge in [-0.3, -0.25) is 10.1 Å². The van der Waals surface area contributed by atoms with Gasteiger partial charge in [0.15, 0.2) is 0 Å². The summed E-state index contributed by atoms with van der Waals surface area (Å²) in [5, 5.41) is 18.4. The van der Waals surface area contributed by atoms with Crippen molar-refractivity contribution in [3.63, 3.8) is 0 Å². The number of anilines is 1. The van der Waals surface area contributed by atoms with E-state index in [4.69, 9.17) is 4.74 Å². The molecule has 0 aliphatic heterocycles. The number of ether oxygens (including phenoxy) is 1. The smallest absolute Gasteiger partial charge is 0.333 e. The van der Waals surface area contributed by atoms with Crippen molar-refractivity contribution in [2.24, 2.45) is 0 Å². The molecule has 0 aliphatic carbocycles. The second-order valence-corrected chi connectivity index (χ2v) is 4.26. The van der Waals surface area contributed by atoms with Crippen LogP contribution in [0, 0.1) is 17.0 Å². The highest BCUT2D eigenvalue weighted by Crippen LogP contribution is 2.28. The lowest BCUT2D eigenvalue weighted by Crippen LogP contribution is -2.23. The summed E-state index contributed by atoms with van der Waals surface area (Å²) in [6.07, 6.45) is 0.867. The first-order valence-electron chi connectivity index (χ1n) is 5.98. The normalized spacial score (nSPS) is 12.4. The van der Waals surface area contributed by atoms with E-state index in [1.807, 2.05) is 13.8 Å². The molecule has 0 saturated heterocycles. The maximum atomic E-state index is 11.1. The van der Waals surface area contributed by atoms with Crippen LogP contribution in [0.15, 0.2) is 0 Å². The van der Waals surface area contributed by atoms with Crippen molar-refractivity contribution in [2.45, 2.75) is 39.8 Å². The van der Waals surface area contributed by atoms with Gasteiger partial charge in [0.25, 0.3) is 0 Å². The van der Waals surface area contributed by atoms with Crippen LogP contribution >= 0.6 is 0 Å². The molecular formula is C11H20N4O3. The van der Waals surface area contributed by atoms with Crippen molar-refractivity contribution in [3.05, 3.63) is 15.8 Å². The average molecular weight is 256 g/mol. The number of nitrogens with zero attached hydrogens (tertiary/aromatic N) is 3. The lowest BCUT2D eigenvalue weighted by atomic mass is 10.3. The van der Waals surface area contributed by atoms with E-state index in [1.165, 1.54) is 0 Å². The monoisotopic (exact) mass is 256 g/mol. The Hall–Kier alpha value is -1.63. The van der Waals surface area contributed by atoms with Gasteiger partial charge in [-0.25, -0.2) is 4.68 Å². The molecule has 0 bridgehead atoms. The van der Waals surface area contributed by atoms with Crippen LogP contribution in [0.3, 0.4) is 0 Å². The van der Waals surface area contributed by atoms with E-state index in [0.29, 0.717) is 24.7 Å². The van der Waals surface area contributed by atoms with Crippen molar-refractivity contribution in [1.29, 1.82) is 0 Å². The van der Waals surface area contributed by atoms with E-state index in [2.05, 4.69) is 10.4 Å². The Labute approximate surface area is 106 Å². The second-order valence-electron chi connectivity index (χ2n) is 4.26. The van der Waals surface area contributed by atoms with E-state index in [-0.39, 0.29) is 11.7 Å². The summed E-state index contributed by atoms with van der Waals surface area (Å²) >= 11 is 0. The molecule has 0 fully saturated rings. The molecule has 7 nitrogen and oxygen atoms in total. The minimum absolute atomic E-state index is 0.0135. The van der Waals surface area contributed by atoms with Gasteiger partial charge in [-0.05, 0) is 20.3 Å². The lowest BCUT2D eigenvalue weighted by molar-refractivity contribution is -0.384. The molecule has 18 heavy (non-hydrogen) atoms. The molecule has 1 rings (SSSR count). The Morgan fingerprint density at radius 1 is 1.61 bits per heavy atom. The number of hydrogen-bond donors (Lipinski definition) is 1. The summed E-state index contributed by atoms with van der Waals surface area (Å²) in [4.78, 5) is 10.7.